The first kappa shape index (κ1) is 12.9. The van der Waals surface area contributed by atoms with Gasteiger partial charge in [-0.2, -0.15) is 0 Å². The molecule has 13 heavy (non-hydrogen) atoms. The molecule has 0 rings (SSSR count). The van der Waals surface area contributed by atoms with Crippen LogP contribution in [0.1, 0.15) is 34.6 Å². The van der Waals surface area contributed by atoms with Gasteiger partial charge in [0, 0.05) is 0 Å². The summed E-state index contributed by atoms with van der Waals surface area (Å²) < 4.78 is 0. The summed E-state index contributed by atoms with van der Waals surface area (Å²) in [6.07, 6.45) is 1.98. The lowest BCUT2D eigenvalue weighted by atomic mass is 10.1. The summed E-state index contributed by atoms with van der Waals surface area (Å²) in [5.41, 5.74) is 1.69. The molecule has 0 aromatic carbocycles. The van der Waals surface area contributed by atoms with Crippen molar-refractivity contribution in [2.75, 3.05) is 0 Å². The Morgan fingerprint density at radius 3 is 1.69 bits per heavy atom. The molecule has 0 unspecified atom stereocenters. The number of hydrogen-bond donors (Lipinski definition) is 1. The fourth-order valence-corrected chi connectivity index (χ4v) is 4.45. The van der Waals surface area contributed by atoms with E-state index in [9.17, 15) is 5.11 Å². The first-order valence-corrected chi connectivity index (χ1v) is 8.01. The highest BCUT2D eigenvalue weighted by Gasteiger charge is 2.23. The Morgan fingerprint density at radius 2 is 1.46 bits per heavy atom. The van der Waals surface area contributed by atoms with Crippen LogP contribution in [-0.2, 0) is 0 Å². The van der Waals surface area contributed by atoms with E-state index in [1.54, 1.807) is 0 Å². The minimum absolute atomic E-state index is 0.641. The van der Waals surface area contributed by atoms with E-state index in [0.717, 1.165) is 0 Å². The molecule has 0 radical (unpaired) electrons. The molecule has 0 spiro atoms. The summed E-state index contributed by atoms with van der Waals surface area (Å²) in [6, 6.07) is 3.85. The molecule has 0 aliphatic rings. The van der Waals surface area contributed by atoms with E-state index in [2.05, 4.69) is 26.5 Å². The highest BCUT2D eigenvalue weighted by molar-refractivity contribution is 6.84. The third-order valence-electron chi connectivity index (χ3n) is 2.96. The lowest BCUT2D eigenvalue weighted by molar-refractivity contribution is 0.133. The van der Waals surface area contributed by atoms with Crippen LogP contribution in [0.4, 0.5) is 0 Å². The van der Waals surface area contributed by atoms with Gasteiger partial charge in [0.15, 0.2) is 0 Å². The van der Waals surface area contributed by atoms with Gasteiger partial charge in [-0.25, -0.2) is 0 Å². The van der Waals surface area contributed by atoms with E-state index in [1.165, 1.54) is 18.1 Å². The van der Waals surface area contributed by atoms with E-state index in [-0.39, 0.29) is 0 Å². The first-order valence-electron chi connectivity index (χ1n) is 5.32. The standard InChI is InChI=1S/C11H24OSi/c1-6-13(7-2,8-3)10-9-11(4,5)12/h9-10,12H,6-8H2,1-5H3/b10-9+. The second-order valence-corrected chi connectivity index (χ2v) is 9.59. The summed E-state index contributed by atoms with van der Waals surface area (Å²) in [4.78, 5) is 0. The molecule has 0 aromatic rings. The average molecular weight is 200 g/mol. The van der Waals surface area contributed by atoms with Crippen LogP contribution in [-0.4, -0.2) is 18.8 Å². The van der Waals surface area contributed by atoms with E-state index < -0.39 is 13.7 Å². The molecule has 0 saturated carbocycles. The molecule has 0 aliphatic carbocycles. The van der Waals surface area contributed by atoms with Crippen LogP contribution < -0.4 is 0 Å². The van der Waals surface area contributed by atoms with Crippen molar-refractivity contribution in [3.63, 3.8) is 0 Å². The molecular weight excluding hydrogens is 176 g/mol. The van der Waals surface area contributed by atoms with Crippen molar-refractivity contribution in [2.45, 2.75) is 58.4 Å². The van der Waals surface area contributed by atoms with Gasteiger partial charge in [-0.1, -0.05) is 50.7 Å². The van der Waals surface area contributed by atoms with Crippen LogP contribution in [0.2, 0.25) is 18.1 Å². The molecule has 78 valence electrons. The monoisotopic (exact) mass is 200 g/mol. The number of rotatable bonds is 5. The number of aliphatic hydroxyl groups is 1. The molecule has 0 atom stereocenters. The smallest absolute Gasteiger partial charge is 0.0768 e. The first-order chi connectivity index (χ1) is 5.89. The van der Waals surface area contributed by atoms with Crippen LogP contribution in [0.3, 0.4) is 0 Å². The molecule has 1 N–H and O–H groups in total. The van der Waals surface area contributed by atoms with Gasteiger partial charge in [-0.3, -0.25) is 0 Å². The third kappa shape index (κ3) is 4.63. The summed E-state index contributed by atoms with van der Waals surface area (Å²) in [5.74, 6) is 0. The van der Waals surface area contributed by atoms with E-state index in [4.69, 9.17) is 0 Å². The van der Waals surface area contributed by atoms with Crippen LogP contribution in [0.25, 0.3) is 0 Å². The van der Waals surface area contributed by atoms with Crippen LogP contribution in [0, 0.1) is 0 Å². The molecule has 0 aromatic heterocycles. The Balaban J connectivity index is 4.51. The second kappa shape index (κ2) is 4.96. The van der Waals surface area contributed by atoms with Crippen molar-refractivity contribution in [3.05, 3.63) is 11.8 Å². The minimum Gasteiger partial charge on any atom is -0.386 e. The molecule has 0 bridgehead atoms. The zero-order chi connectivity index (χ0) is 10.5. The van der Waals surface area contributed by atoms with Crippen LogP contribution in [0.5, 0.6) is 0 Å². The Kier molecular flexibility index (Phi) is 4.93. The molecular formula is C11H24OSi. The lowest BCUT2D eigenvalue weighted by Gasteiger charge is -2.25. The molecule has 1 nitrogen and oxygen atoms in total. The topological polar surface area (TPSA) is 20.2 Å². The molecule has 2 heteroatoms. The maximum atomic E-state index is 9.60. The molecule has 0 saturated heterocycles. The molecule has 0 fully saturated rings. The van der Waals surface area contributed by atoms with Gasteiger partial charge in [-0.05, 0) is 13.8 Å². The third-order valence-corrected chi connectivity index (χ3v) is 8.06. The van der Waals surface area contributed by atoms with Gasteiger partial charge >= 0.3 is 0 Å². The minimum atomic E-state index is -1.17. The SMILES string of the molecule is CC[Si](/C=C/C(C)(C)O)(CC)CC. The van der Waals surface area contributed by atoms with Crippen molar-refractivity contribution in [1.29, 1.82) is 0 Å². The lowest BCUT2D eigenvalue weighted by Crippen LogP contribution is -2.30. The van der Waals surface area contributed by atoms with E-state index in [0.29, 0.717) is 0 Å². The molecule has 0 amide bonds. The van der Waals surface area contributed by atoms with Crippen molar-refractivity contribution in [2.24, 2.45) is 0 Å². The average Bonchev–Trinajstić information content (AvgIpc) is 2.06. The van der Waals surface area contributed by atoms with Gasteiger partial charge in [0.05, 0.1) is 13.7 Å². The van der Waals surface area contributed by atoms with E-state index >= 15 is 0 Å². The largest absolute Gasteiger partial charge is 0.386 e. The van der Waals surface area contributed by atoms with E-state index in [1.807, 2.05) is 19.9 Å². The van der Waals surface area contributed by atoms with Gasteiger partial charge in [-0.15, -0.1) is 0 Å². The Hall–Kier alpha value is -0.0831. The van der Waals surface area contributed by atoms with Crippen LogP contribution >= 0.6 is 0 Å². The van der Waals surface area contributed by atoms with Gasteiger partial charge in [0.1, 0.15) is 0 Å². The Labute approximate surface area is 83.9 Å². The predicted octanol–water partition coefficient (Wildman–Crippen LogP) is 3.36. The quantitative estimate of drug-likeness (QED) is 0.675. The summed E-state index contributed by atoms with van der Waals surface area (Å²) in [5, 5.41) is 9.60. The summed E-state index contributed by atoms with van der Waals surface area (Å²) >= 11 is 0. The predicted molar refractivity (Wildman–Crippen MR) is 62.6 cm³/mol. The maximum absolute atomic E-state index is 9.60. The highest BCUT2D eigenvalue weighted by Crippen LogP contribution is 2.22. The highest BCUT2D eigenvalue weighted by atomic mass is 28.3. The maximum Gasteiger partial charge on any atom is 0.0768 e. The van der Waals surface area contributed by atoms with Crippen molar-refractivity contribution >= 4 is 8.07 Å². The summed E-state index contributed by atoms with van der Waals surface area (Å²) in [7, 11) is -1.17. The fourth-order valence-electron chi connectivity index (χ4n) is 1.48. The second-order valence-electron chi connectivity index (χ2n) is 4.41. The Morgan fingerprint density at radius 1 is 1.08 bits per heavy atom. The zero-order valence-corrected chi connectivity index (χ0v) is 10.7. The van der Waals surface area contributed by atoms with Gasteiger partial charge in [0.2, 0.25) is 0 Å². The fraction of sp³-hybridized carbons (Fsp3) is 0.818. The van der Waals surface area contributed by atoms with Crippen LogP contribution in [0.15, 0.2) is 11.8 Å². The van der Waals surface area contributed by atoms with Crippen molar-refractivity contribution in [3.8, 4) is 0 Å². The van der Waals surface area contributed by atoms with Gasteiger partial charge in [0.25, 0.3) is 0 Å². The molecule has 0 aliphatic heterocycles. The van der Waals surface area contributed by atoms with Crippen molar-refractivity contribution in [1.82, 2.24) is 0 Å². The zero-order valence-electron chi connectivity index (χ0n) is 9.72. The van der Waals surface area contributed by atoms with Gasteiger partial charge < -0.3 is 5.11 Å². The molecule has 0 heterocycles. The number of hydrogen-bond acceptors (Lipinski definition) is 1. The Bertz CT molecular complexity index is 155. The summed E-state index contributed by atoms with van der Waals surface area (Å²) in [6.45, 7) is 10.5. The normalized spacial score (nSPS) is 14.0. The van der Waals surface area contributed by atoms with Crippen molar-refractivity contribution < 1.29 is 5.11 Å².